The second-order valence-electron chi connectivity index (χ2n) is 5.78. The van der Waals surface area contributed by atoms with Crippen molar-refractivity contribution in [3.05, 3.63) is 72.2 Å². The lowest BCUT2D eigenvalue weighted by Gasteiger charge is -2.12. The van der Waals surface area contributed by atoms with Crippen LogP contribution in [0.3, 0.4) is 0 Å². The SMILES string of the molecule is O=C(NCCc1cccc(-n2ccnc2)n1)Nc1ccc(F)c(C(F)(F)F)c1. The Hall–Kier alpha value is -3.43. The predicted molar refractivity (Wildman–Crippen MR) is 93.5 cm³/mol. The van der Waals surface area contributed by atoms with Gasteiger partial charge in [0.05, 0.1) is 5.56 Å². The Balaban J connectivity index is 1.55. The monoisotopic (exact) mass is 393 g/mol. The number of anilines is 1. The second kappa shape index (κ2) is 8.07. The first-order chi connectivity index (χ1) is 13.3. The molecule has 2 aromatic heterocycles. The van der Waals surface area contributed by atoms with Crippen LogP contribution in [-0.2, 0) is 12.6 Å². The van der Waals surface area contributed by atoms with Gasteiger partial charge in [0, 0.05) is 36.7 Å². The Bertz CT molecular complexity index is 957. The molecule has 1 aromatic carbocycles. The van der Waals surface area contributed by atoms with E-state index in [1.54, 1.807) is 35.4 Å². The molecule has 3 rings (SSSR count). The molecule has 28 heavy (non-hydrogen) atoms. The van der Waals surface area contributed by atoms with Crippen molar-refractivity contribution in [2.75, 3.05) is 11.9 Å². The molecular formula is C18H15F4N5O. The number of urea groups is 1. The number of halogens is 4. The van der Waals surface area contributed by atoms with Crippen molar-refractivity contribution in [1.82, 2.24) is 19.9 Å². The number of benzene rings is 1. The van der Waals surface area contributed by atoms with Gasteiger partial charge in [-0.25, -0.2) is 19.2 Å². The summed E-state index contributed by atoms with van der Waals surface area (Å²) in [7, 11) is 0. The number of nitrogens with one attached hydrogen (secondary N) is 2. The fourth-order valence-electron chi connectivity index (χ4n) is 2.44. The highest BCUT2D eigenvalue weighted by molar-refractivity contribution is 5.89. The van der Waals surface area contributed by atoms with Crippen LogP contribution in [0.4, 0.5) is 28.0 Å². The average Bonchev–Trinajstić information content (AvgIpc) is 3.17. The van der Waals surface area contributed by atoms with E-state index in [2.05, 4.69) is 20.6 Å². The van der Waals surface area contributed by atoms with Gasteiger partial charge in [-0.15, -0.1) is 0 Å². The van der Waals surface area contributed by atoms with Crippen molar-refractivity contribution in [2.45, 2.75) is 12.6 Å². The molecule has 0 aliphatic heterocycles. The molecule has 0 aliphatic carbocycles. The van der Waals surface area contributed by atoms with E-state index in [1.807, 2.05) is 6.07 Å². The molecule has 6 nitrogen and oxygen atoms in total. The summed E-state index contributed by atoms with van der Waals surface area (Å²) >= 11 is 0. The zero-order chi connectivity index (χ0) is 20.1. The van der Waals surface area contributed by atoms with E-state index in [-0.39, 0.29) is 12.2 Å². The third-order valence-corrected chi connectivity index (χ3v) is 3.76. The van der Waals surface area contributed by atoms with Gasteiger partial charge in [0.15, 0.2) is 0 Å². The molecule has 2 heterocycles. The van der Waals surface area contributed by atoms with Gasteiger partial charge >= 0.3 is 12.2 Å². The molecule has 0 fully saturated rings. The molecule has 0 spiro atoms. The summed E-state index contributed by atoms with van der Waals surface area (Å²) in [6, 6.07) is 6.96. The highest BCUT2D eigenvalue weighted by Crippen LogP contribution is 2.32. The lowest BCUT2D eigenvalue weighted by atomic mass is 10.2. The van der Waals surface area contributed by atoms with E-state index in [9.17, 15) is 22.4 Å². The van der Waals surface area contributed by atoms with Crippen LogP contribution < -0.4 is 10.6 Å². The summed E-state index contributed by atoms with van der Waals surface area (Å²) in [6.45, 7) is 0.208. The van der Waals surface area contributed by atoms with Crippen molar-refractivity contribution in [3.63, 3.8) is 0 Å². The van der Waals surface area contributed by atoms with Crippen molar-refractivity contribution in [3.8, 4) is 5.82 Å². The zero-order valence-electron chi connectivity index (χ0n) is 14.4. The van der Waals surface area contributed by atoms with E-state index in [1.165, 1.54) is 0 Å². The number of alkyl halides is 3. The minimum atomic E-state index is -4.84. The van der Waals surface area contributed by atoms with Gasteiger partial charge in [0.1, 0.15) is 18.0 Å². The van der Waals surface area contributed by atoms with Crippen molar-refractivity contribution < 1.29 is 22.4 Å². The number of imidazole rings is 1. The van der Waals surface area contributed by atoms with Crippen LogP contribution in [0.1, 0.15) is 11.3 Å². The maximum Gasteiger partial charge on any atom is 0.419 e. The van der Waals surface area contributed by atoms with Gasteiger partial charge < -0.3 is 10.6 Å². The standard InChI is InChI=1S/C18H15F4N5O/c19-15-5-4-13(10-14(15)18(20,21)22)26-17(28)24-7-6-12-2-1-3-16(25-12)27-9-8-23-11-27/h1-5,8-11H,6-7H2,(H2,24,26,28). The van der Waals surface area contributed by atoms with Crippen molar-refractivity contribution in [1.29, 1.82) is 0 Å². The molecular weight excluding hydrogens is 378 g/mol. The van der Waals surface area contributed by atoms with Gasteiger partial charge in [0.25, 0.3) is 0 Å². The van der Waals surface area contributed by atoms with Crippen LogP contribution in [0.2, 0.25) is 0 Å². The first-order valence-corrected chi connectivity index (χ1v) is 8.19. The molecule has 3 aromatic rings. The molecule has 0 unspecified atom stereocenters. The molecule has 0 radical (unpaired) electrons. The number of hydrogen-bond acceptors (Lipinski definition) is 3. The highest BCUT2D eigenvalue weighted by Gasteiger charge is 2.34. The molecule has 0 aliphatic rings. The first-order valence-electron chi connectivity index (χ1n) is 8.19. The average molecular weight is 393 g/mol. The summed E-state index contributed by atoms with van der Waals surface area (Å²) in [5.41, 5.74) is -0.884. The van der Waals surface area contributed by atoms with E-state index in [4.69, 9.17) is 0 Å². The lowest BCUT2D eigenvalue weighted by molar-refractivity contribution is -0.139. The third kappa shape index (κ3) is 4.84. The van der Waals surface area contributed by atoms with E-state index < -0.39 is 23.6 Å². The third-order valence-electron chi connectivity index (χ3n) is 3.76. The number of hydrogen-bond donors (Lipinski definition) is 2. The Morgan fingerprint density at radius 3 is 2.71 bits per heavy atom. The maximum atomic E-state index is 13.3. The predicted octanol–water partition coefficient (Wildman–Crippen LogP) is 3.79. The van der Waals surface area contributed by atoms with E-state index >= 15 is 0 Å². The van der Waals surface area contributed by atoms with Crippen LogP contribution >= 0.6 is 0 Å². The fraction of sp³-hybridized carbons (Fsp3) is 0.167. The first kappa shape index (κ1) is 19.3. The molecule has 146 valence electrons. The van der Waals surface area contributed by atoms with Crippen LogP contribution in [0.15, 0.2) is 55.1 Å². The highest BCUT2D eigenvalue weighted by atomic mass is 19.4. The normalized spacial score (nSPS) is 11.3. The summed E-state index contributed by atoms with van der Waals surface area (Å²) < 4.78 is 53.1. The molecule has 10 heteroatoms. The largest absolute Gasteiger partial charge is 0.419 e. The number of carbonyl (C=O) groups excluding carboxylic acids is 1. The number of carbonyl (C=O) groups is 1. The Kier molecular flexibility index (Phi) is 5.57. The molecule has 2 amide bonds. The Labute approximate surface area is 157 Å². The van der Waals surface area contributed by atoms with Gasteiger partial charge in [0.2, 0.25) is 0 Å². The number of nitrogens with zero attached hydrogens (tertiary/aromatic N) is 3. The number of amides is 2. The van der Waals surface area contributed by atoms with Crippen LogP contribution in [-0.4, -0.2) is 27.1 Å². The molecule has 0 saturated carbocycles. The molecule has 0 saturated heterocycles. The quantitative estimate of drug-likeness (QED) is 0.648. The number of aromatic nitrogens is 3. The van der Waals surface area contributed by atoms with Crippen molar-refractivity contribution >= 4 is 11.7 Å². The van der Waals surface area contributed by atoms with E-state index in [0.717, 1.165) is 6.07 Å². The van der Waals surface area contributed by atoms with Crippen LogP contribution in [0.25, 0.3) is 5.82 Å². The van der Waals surface area contributed by atoms with Gasteiger partial charge in [-0.2, -0.15) is 13.2 Å². The topological polar surface area (TPSA) is 71.8 Å². The minimum absolute atomic E-state index is 0.161. The second-order valence-corrected chi connectivity index (χ2v) is 5.78. The summed E-state index contributed by atoms with van der Waals surface area (Å²) in [6.07, 6.45) is 0.544. The molecule has 0 bridgehead atoms. The maximum absolute atomic E-state index is 13.3. The Morgan fingerprint density at radius 2 is 2.00 bits per heavy atom. The smallest absolute Gasteiger partial charge is 0.337 e. The minimum Gasteiger partial charge on any atom is -0.337 e. The van der Waals surface area contributed by atoms with Gasteiger partial charge in [-0.1, -0.05) is 6.07 Å². The van der Waals surface area contributed by atoms with Crippen molar-refractivity contribution in [2.24, 2.45) is 0 Å². The lowest BCUT2D eigenvalue weighted by Crippen LogP contribution is -2.30. The summed E-state index contributed by atoms with van der Waals surface area (Å²) in [5, 5.41) is 4.77. The number of rotatable bonds is 5. The Morgan fingerprint density at radius 1 is 1.18 bits per heavy atom. The fourth-order valence-corrected chi connectivity index (χ4v) is 2.44. The van der Waals surface area contributed by atoms with Crippen LogP contribution in [0.5, 0.6) is 0 Å². The zero-order valence-corrected chi connectivity index (χ0v) is 14.4. The molecule has 0 atom stereocenters. The van der Waals surface area contributed by atoms with E-state index in [0.29, 0.717) is 30.1 Å². The summed E-state index contributed by atoms with van der Waals surface area (Å²) in [5.74, 6) is -0.729. The van der Waals surface area contributed by atoms with Gasteiger partial charge in [-0.3, -0.25) is 4.57 Å². The van der Waals surface area contributed by atoms with Crippen LogP contribution in [0, 0.1) is 5.82 Å². The number of pyridine rings is 1. The summed E-state index contributed by atoms with van der Waals surface area (Å²) in [4.78, 5) is 20.2. The van der Waals surface area contributed by atoms with Gasteiger partial charge in [-0.05, 0) is 30.3 Å². The molecule has 2 N–H and O–H groups in total.